The quantitative estimate of drug-likeness (QED) is 0.0622. The molecule has 2 nitrogen and oxygen atoms in total. The highest BCUT2D eigenvalue weighted by Crippen LogP contribution is 2.29. The molecule has 3 aromatic rings. The first kappa shape index (κ1) is 35.1. The highest BCUT2D eigenvalue weighted by molar-refractivity contribution is 6.06. The third-order valence-electron chi connectivity index (χ3n) is 8.49. The van der Waals surface area contributed by atoms with Gasteiger partial charge in [0.1, 0.15) is 11.9 Å². The summed E-state index contributed by atoms with van der Waals surface area (Å²) in [4.78, 5) is 12.5. The Balaban J connectivity index is 1.44. The van der Waals surface area contributed by atoms with E-state index in [-0.39, 0.29) is 11.9 Å². The van der Waals surface area contributed by atoms with Gasteiger partial charge in [-0.15, -0.1) is 0 Å². The Bertz CT molecular complexity index is 1220. The van der Waals surface area contributed by atoms with Crippen molar-refractivity contribution >= 4 is 17.4 Å². The number of carbonyl (C=O) groups is 1. The van der Waals surface area contributed by atoms with E-state index < -0.39 is 0 Å². The number of benzene rings is 3. The van der Waals surface area contributed by atoms with Gasteiger partial charge in [0.25, 0.3) is 0 Å². The molecule has 3 rings (SSSR count). The van der Waals surface area contributed by atoms with Crippen LogP contribution in [0.3, 0.4) is 0 Å². The average molecular weight is 593 g/mol. The molecule has 0 radical (unpaired) electrons. The minimum atomic E-state index is -0.00312. The van der Waals surface area contributed by atoms with Crippen LogP contribution >= 0.6 is 0 Å². The number of rotatable bonds is 23. The maximum Gasteiger partial charge on any atom is 0.185 e. The summed E-state index contributed by atoms with van der Waals surface area (Å²) in [5.41, 5.74) is 5.08. The van der Waals surface area contributed by atoms with Crippen molar-refractivity contribution in [1.82, 2.24) is 0 Å². The molecule has 0 aromatic heterocycles. The lowest BCUT2D eigenvalue weighted by molar-refractivity contribution is 0.104. The Labute approximate surface area is 268 Å². The SMILES string of the molecule is C=C(C)c1ccc(OC(CCCCCCCCCCCCCCCCC)c2ccc(C=CC(=O)c3ccccc3)cc2)cc1. The Morgan fingerprint density at radius 1 is 0.659 bits per heavy atom. The molecule has 0 spiro atoms. The van der Waals surface area contributed by atoms with Gasteiger partial charge in [-0.3, -0.25) is 4.79 Å². The number of unbranched alkanes of at least 4 members (excludes halogenated alkanes) is 14. The van der Waals surface area contributed by atoms with Gasteiger partial charge >= 0.3 is 0 Å². The van der Waals surface area contributed by atoms with Gasteiger partial charge in [-0.1, -0.05) is 182 Å². The Hall–Kier alpha value is -3.39. The zero-order valence-corrected chi connectivity index (χ0v) is 27.6. The topological polar surface area (TPSA) is 26.3 Å². The minimum Gasteiger partial charge on any atom is -0.486 e. The number of carbonyl (C=O) groups excluding carboxylic acids is 1. The largest absolute Gasteiger partial charge is 0.486 e. The van der Waals surface area contributed by atoms with Gasteiger partial charge in [-0.05, 0) is 54.7 Å². The highest BCUT2D eigenvalue weighted by Gasteiger charge is 2.14. The van der Waals surface area contributed by atoms with Crippen molar-refractivity contribution in [3.05, 3.63) is 114 Å². The molecule has 0 amide bonds. The van der Waals surface area contributed by atoms with Crippen LogP contribution in [0.5, 0.6) is 5.75 Å². The lowest BCUT2D eigenvalue weighted by atomic mass is 9.99. The smallest absolute Gasteiger partial charge is 0.185 e. The van der Waals surface area contributed by atoms with Crippen molar-refractivity contribution < 1.29 is 9.53 Å². The predicted molar refractivity (Wildman–Crippen MR) is 190 cm³/mol. The maximum atomic E-state index is 12.5. The third kappa shape index (κ3) is 13.9. The monoisotopic (exact) mass is 592 g/mol. The van der Waals surface area contributed by atoms with E-state index in [1.807, 2.05) is 43.3 Å². The number of ether oxygens (including phenoxy) is 1. The lowest BCUT2D eigenvalue weighted by Crippen LogP contribution is -2.08. The third-order valence-corrected chi connectivity index (χ3v) is 8.49. The van der Waals surface area contributed by atoms with Crippen LogP contribution < -0.4 is 4.74 Å². The van der Waals surface area contributed by atoms with E-state index in [2.05, 4.69) is 62.0 Å². The zero-order valence-electron chi connectivity index (χ0n) is 27.6. The molecular weight excluding hydrogens is 536 g/mol. The second-order valence-electron chi connectivity index (χ2n) is 12.4. The summed E-state index contributed by atoms with van der Waals surface area (Å²) in [6, 6.07) is 26.1. The van der Waals surface area contributed by atoms with Gasteiger partial charge in [0.15, 0.2) is 5.78 Å². The first-order chi connectivity index (χ1) is 21.6. The van der Waals surface area contributed by atoms with Crippen LogP contribution in [0, 0.1) is 0 Å². The molecule has 44 heavy (non-hydrogen) atoms. The Morgan fingerprint density at radius 2 is 1.18 bits per heavy atom. The van der Waals surface area contributed by atoms with Crippen LogP contribution in [-0.2, 0) is 0 Å². The molecule has 0 aliphatic carbocycles. The molecule has 0 heterocycles. The van der Waals surface area contributed by atoms with Crippen molar-refractivity contribution in [2.45, 2.75) is 123 Å². The van der Waals surface area contributed by atoms with Crippen LogP contribution in [0.15, 0.2) is 91.5 Å². The van der Waals surface area contributed by atoms with Gasteiger partial charge < -0.3 is 4.74 Å². The van der Waals surface area contributed by atoms with E-state index in [1.54, 1.807) is 6.08 Å². The van der Waals surface area contributed by atoms with Gasteiger partial charge in [-0.2, -0.15) is 0 Å². The van der Waals surface area contributed by atoms with Crippen LogP contribution in [0.1, 0.15) is 150 Å². The zero-order chi connectivity index (χ0) is 31.2. The van der Waals surface area contributed by atoms with Crippen molar-refractivity contribution in [3.8, 4) is 5.75 Å². The molecule has 236 valence electrons. The Morgan fingerprint density at radius 3 is 1.70 bits per heavy atom. The second-order valence-corrected chi connectivity index (χ2v) is 12.4. The molecule has 0 fully saturated rings. The number of hydrogen-bond acceptors (Lipinski definition) is 2. The average Bonchev–Trinajstić information content (AvgIpc) is 3.05. The molecule has 0 saturated heterocycles. The van der Waals surface area contributed by atoms with E-state index >= 15 is 0 Å². The highest BCUT2D eigenvalue weighted by atomic mass is 16.5. The van der Waals surface area contributed by atoms with E-state index in [0.717, 1.165) is 35.3 Å². The Kier molecular flexibility index (Phi) is 17.0. The van der Waals surface area contributed by atoms with E-state index in [9.17, 15) is 4.79 Å². The van der Waals surface area contributed by atoms with Gasteiger partial charge in [0.2, 0.25) is 0 Å². The summed E-state index contributed by atoms with van der Waals surface area (Å²) in [5.74, 6) is 0.903. The fraction of sp³-hybridized carbons (Fsp3) is 0.452. The number of ketones is 1. The van der Waals surface area contributed by atoms with Crippen LogP contribution in [0.4, 0.5) is 0 Å². The summed E-state index contributed by atoms with van der Waals surface area (Å²) in [5, 5.41) is 0. The van der Waals surface area contributed by atoms with E-state index in [0.29, 0.717) is 5.56 Å². The van der Waals surface area contributed by atoms with Crippen molar-refractivity contribution in [2.24, 2.45) is 0 Å². The van der Waals surface area contributed by atoms with E-state index in [4.69, 9.17) is 4.74 Å². The van der Waals surface area contributed by atoms with Crippen LogP contribution in [-0.4, -0.2) is 5.78 Å². The molecule has 0 N–H and O–H groups in total. The van der Waals surface area contributed by atoms with E-state index in [1.165, 1.54) is 95.5 Å². The van der Waals surface area contributed by atoms with Gasteiger partial charge in [0, 0.05) is 5.56 Å². The molecule has 2 heteroatoms. The summed E-state index contributed by atoms with van der Waals surface area (Å²) >= 11 is 0. The summed E-state index contributed by atoms with van der Waals surface area (Å²) in [7, 11) is 0. The minimum absolute atomic E-state index is 0.00312. The molecule has 1 unspecified atom stereocenters. The summed E-state index contributed by atoms with van der Waals surface area (Å²) in [6.07, 6.45) is 25.0. The normalized spacial score (nSPS) is 12.0. The lowest BCUT2D eigenvalue weighted by Gasteiger charge is -2.20. The number of allylic oxidation sites excluding steroid dienone is 2. The predicted octanol–water partition coefficient (Wildman–Crippen LogP) is 13.0. The fourth-order valence-corrected chi connectivity index (χ4v) is 5.67. The van der Waals surface area contributed by atoms with Gasteiger partial charge in [0.05, 0.1) is 0 Å². The first-order valence-electron chi connectivity index (χ1n) is 17.4. The molecule has 1 atom stereocenters. The number of hydrogen-bond donors (Lipinski definition) is 0. The fourth-order valence-electron chi connectivity index (χ4n) is 5.67. The van der Waals surface area contributed by atoms with Crippen LogP contribution in [0.2, 0.25) is 0 Å². The van der Waals surface area contributed by atoms with Crippen molar-refractivity contribution in [1.29, 1.82) is 0 Å². The summed E-state index contributed by atoms with van der Waals surface area (Å²) < 4.78 is 6.55. The maximum absolute atomic E-state index is 12.5. The van der Waals surface area contributed by atoms with Crippen molar-refractivity contribution in [3.63, 3.8) is 0 Å². The summed E-state index contributed by atoms with van der Waals surface area (Å²) in [6.45, 7) is 8.37. The molecule has 0 aliphatic rings. The molecule has 0 saturated carbocycles. The van der Waals surface area contributed by atoms with Crippen molar-refractivity contribution in [2.75, 3.05) is 0 Å². The first-order valence-corrected chi connectivity index (χ1v) is 17.4. The van der Waals surface area contributed by atoms with Gasteiger partial charge in [-0.25, -0.2) is 0 Å². The molecule has 0 aliphatic heterocycles. The van der Waals surface area contributed by atoms with Crippen LogP contribution in [0.25, 0.3) is 11.6 Å². The second kappa shape index (κ2) is 21.3. The standard InChI is InChI=1S/C42H56O2/c1-4-5-6-7-8-9-10-11-12-13-14-15-16-17-21-24-42(44-40-32-30-37(31-33-40)35(2)3)39-28-25-36(26-29-39)27-34-41(43)38-22-19-18-20-23-38/h18-20,22-23,25-34,42H,2,4-17,21,24H2,1,3H3. The molecular formula is C42H56O2. The molecule has 3 aromatic carbocycles. The molecule has 0 bridgehead atoms.